The highest BCUT2D eigenvalue weighted by atomic mass is 79.9. The Morgan fingerprint density at radius 1 is 1.42 bits per heavy atom. The van der Waals surface area contributed by atoms with Gasteiger partial charge in [-0.3, -0.25) is 4.68 Å². The number of anilines is 1. The van der Waals surface area contributed by atoms with Gasteiger partial charge in [-0.05, 0) is 41.1 Å². The van der Waals surface area contributed by atoms with Gasteiger partial charge in [0.1, 0.15) is 5.76 Å². The van der Waals surface area contributed by atoms with E-state index in [1.54, 1.807) is 10.9 Å². The SMILES string of the molecule is Cc1nn(C)c2ncc(NCc3ccc(Br)o3)cc12. The predicted octanol–water partition coefficient (Wildman–Crippen LogP) is 3.24. The molecule has 19 heavy (non-hydrogen) atoms. The van der Waals surface area contributed by atoms with Gasteiger partial charge in [-0.25, -0.2) is 4.98 Å². The van der Waals surface area contributed by atoms with Crippen molar-refractivity contribution in [2.24, 2.45) is 7.05 Å². The molecule has 5 nitrogen and oxygen atoms in total. The summed E-state index contributed by atoms with van der Waals surface area (Å²) in [7, 11) is 1.90. The van der Waals surface area contributed by atoms with E-state index < -0.39 is 0 Å². The van der Waals surface area contributed by atoms with E-state index in [1.165, 1.54) is 0 Å². The van der Waals surface area contributed by atoms with Crippen LogP contribution >= 0.6 is 15.9 Å². The number of aromatic nitrogens is 3. The van der Waals surface area contributed by atoms with Crippen LogP contribution in [-0.2, 0) is 13.6 Å². The first-order chi connectivity index (χ1) is 9.13. The first kappa shape index (κ1) is 12.2. The van der Waals surface area contributed by atoms with Crippen molar-refractivity contribution in [3.63, 3.8) is 0 Å². The highest BCUT2D eigenvalue weighted by Gasteiger charge is 2.07. The van der Waals surface area contributed by atoms with Crippen LogP contribution in [0.25, 0.3) is 11.0 Å². The van der Waals surface area contributed by atoms with Crippen LogP contribution in [0.2, 0.25) is 0 Å². The lowest BCUT2D eigenvalue weighted by atomic mass is 10.2. The molecule has 98 valence electrons. The molecular formula is C13H13BrN4O. The second-order valence-electron chi connectivity index (χ2n) is 4.36. The lowest BCUT2D eigenvalue weighted by molar-refractivity contribution is 0.495. The Kier molecular flexibility index (Phi) is 3.02. The number of nitrogens with one attached hydrogen (secondary N) is 1. The molecule has 0 amide bonds. The molecule has 0 radical (unpaired) electrons. The lowest BCUT2D eigenvalue weighted by Crippen LogP contribution is -1.99. The molecule has 0 saturated carbocycles. The van der Waals surface area contributed by atoms with Crippen LogP contribution in [0.3, 0.4) is 0 Å². The van der Waals surface area contributed by atoms with Gasteiger partial charge in [0.15, 0.2) is 10.3 Å². The zero-order chi connectivity index (χ0) is 13.4. The predicted molar refractivity (Wildman–Crippen MR) is 77.0 cm³/mol. The van der Waals surface area contributed by atoms with E-state index in [1.807, 2.05) is 26.1 Å². The standard InChI is InChI=1S/C13H13BrN4O/c1-8-11-5-9(6-16-13(11)18(2)17-8)15-7-10-3-4-12(14)19-10/h3-6,15H,7H2,1-2H3. The number of fused-ring (bicyclic) bond motifs is 1. The van der Waals surface area contributed by atoms with Crippen LogP contribution in [0.4, 0.5) is 5.69 Å². The summed E-state index contributed by atoms with van der Waals surface area (Å²) in [6.07, 6.45) is 1.81. The number of halogens is 1. The Bertz CT molecular complexity index is 731. The van der Waals surface area contributed by atoms with Crippen LogP contribution in [0.15, 0.2) is 33.5 Å². The highest BCUT2D eigenvalue weighted by Crippen LogP contribution is 2.20. The molecule has 0 aliphatic rings. The van der Waals surface area contributed by atoms with Gasteiger partial charge < -0.3 is 9.73 Å². The van der Waals surface area contributed by atoms with Crippen molar-refractivity contribution in [2.45, 2.75) is 13.5 Å². The van der Waals surface area contributed by atoms with Crippen molar-refractivity contribution in [2.75, 3.05) is 5.32 Å². The molecule has 0 aromatic carbocycles. The zero-order valence-corrected chi connectivity index (χ0v) is 12.2. The maximum absolute atomic E-state index is 5.44. The monoisotopic (exact) mass is 320 g/mol. The van der Waals surface area contributed by atoms with Gasteiger partial charge in [-0.1, -0.05) is 0 Å². The van der Waals surface area contributed by atoms with Crippen molar-refractivity contribution in [3.05, 3.63) is 40.5 Å². The van der Waals surface area contributed by atoms with Crippen LogP contribution in [0, 0.1) is 6.92 Å². The highest BCUT2D eigenvalue weighted by molar-refractivity contribution is 9.10. The maximum atomic E-state index is 5.44. The molecule has 3 rings (SSSR count). The average molecular weight is 321 g/mol. The van der Waals surface area contributed by atoms with Gasteiger partial charge in [-0.15, -0.1) is 0 Å². The number of furan rings is 1. The van der Waals surface area contributed by atoms with E-state index in [2.05, 4.69) is 37.4 Å². The fourth-order valence-electron chi connectivity index (χ4n) is 2.04. The number of hydrogen-bond acceptors (Lipinski definition) is 4. The molecule has 0 aliphatic heterocycles. The molecular weight excluding hydrogens is 308 g/mol. The Balaban J connectivity index is 1.83. The van der Waals surface area contributed by atoms with Crippen LogP contribution in [0.1, 0.15) is 11.5 Å². The molecule has 0 atom stereocenters. The third-order valence-electron chi connectivity index (χ3n) is 2.96. The smallest absolute Gasteiger partial charge is 0.169 e. The third-order valence-corrected chi connectivity index (χ3v) is 3.38. The van der Waals surface area contributed by atoms with Crippen molar-refractivity contribution in [1.82, 2.24) is 14.8 Å². The number of rotatable bonds is 3. The molecule has 0 saturated heterocycles. The molecule has 0 spiro atoms. The number of hydrogen-bond donors (Lipinski definition) is 1. The zero-order valence-electron chi connectivity index (χ0n) is 10.6. The summed E-state index contributed by atoms with van der Waals surface area (Å²) in [5.41, 5.74) is 2.83. The van der Waals surface area contributed by atoms with Gasteiger partial charge in [0.05, 0.1) is 24.1 Å². The second kappa shape index (κ2) is 4.70. The van der Waals surface area contributed by atoms with E-state index in [0.717, 1.165) is 32.8 Å². The quantitative estimate of drug-likeness (QED) is 0.804. The minimum Gasteiger partial charge on any atom is -0.452 e. The van der Waals surface area contributed by atoms with E-state index in [9.17, 15) is 0 Å². The molecule has 0 aliphatic carbocycles. The Hall–Kier alpha value is -1.82. The summed E-state index contributed by atoms with van der Waals surface area (Å²) < 4.78 is 7.96. The van der Waals surface area contributed by atoms with E-state index in [0.29, 0.717) is 6.54 Å². The van der Waals surface area contributed by atoms with Crippen molar-refractivity contribution >= 4 is 32.7 Å². The first-order valence-corrected chi connectivity index (χ1v) is 6.70. The van der Waals surface area contributed by atoms with Gasteiger partial charge in [0.25, 0.3) is 0 Å². The summed E-state index contributed by atoms with van der Waals surface area (Å²) in [4.78, 5) is 4.42. The van der Waals surface area contributed by atoms with E-state index >= 15 is 0 Å². The number of nitrogens with zero attached hydrogens (tertiary/aromatic N) is 3. The van der Waals surface area contributed by atoms with Crippen LogP contribution in [0.5, 0.6) is 0 Å². The van der Waals surface area contributed by atoms with Crippen molar-refractivity contribution in [3.8, 4) is 0 Å². The van der Waals surface area contributed by atoms with Gasteiger partial charge >= 0.3 is 0 Å². The van der Waals surface area contributed by atoms with Crippen molar-refractivity contribution < 1.29 is 4.42 Å². The largest absolute Gasteiger partial charge is 0.452 e. The fraction of sp³-hybridized carbons (Fsp3) is 0.231. The van der Waals surface area contributed by atoms with Crippen LogP contribution < -0.4 is 5.32 Å². The summed E-state index contributed by atoms with van der Waals surface area (Å²) in [6.45, 7) is 2.61. The number of pyridine rings is 1. The maximum Gasteiger partial charge on any atom is 0.169 e. The molecule has 0 bridgehead atoms. The molecule has 0 fully saturated rings. The van der Waals surface area contributed by atoms with Crippen LogP contribution in [-0.4, -0.2) is 14.8 Å². The van der Waals surface area contributed by atoms with Gasteiger partial charge in [0.2, 0.25) is 0 Å². The molecule has 6 heteroatoms. The number of aryl methyl sites for hydroxylation is 2. The topological polar surface area (TPSA) is 55.9 Å². The minimum absolute atomic E-state index is 0.623. The molecule has 3 aromatic rings. The summed E-state index contributed by atoms with van der Waals surface area (Å²) >= 11 is 3.29. The summed E-state index contributed by atoms with van der Waals surface area (Å²) in [5.74, 6) is 0.870. The summed E-state index contributed by atoms with van der Waals surface area (Å²) in [5, 5.41) is 8.71. The van der Waals surface area contributed by atoms with E-state index in [4.69, 9.17) is 4.42 Å². The molecule has 3 aromatic heterocycles. The fourth-order valence-corrected chi connectivity index (χ4v) is 2.38. The Morgan fingerprint density at radius 2 is 2.26 bits per heavy atom. The molecule has 0 unspecified atom stereocenters. The lowest BCUT2D eigenvalue weighted by Gasteiger charge is -2.04. The third kappa shape index (κ3) is 2.35. The minimum atomic E-state index is 0.623. The van der Waals surface area contributed by atoms with E-state index in [-0.39, 0.29) is 0 Å². The van der Waals surface area contributed by atoms with Gasteiger partial charge in [0, 0.05) is 12.4 Å². The Morgan fingerprint density at radius 3 is 3.00 bits per heavy atom. The van der Waals surface area contributed by atoms with Gasteiger partial charge in [-0.2, -0.15) is 5.10 Å². The van der Waals surface area contributed by atoms with Crippen molar-refractivity contribution in [1.29, 1.82) is 0 Å². The summed E-state index contributed by atoms with van der Waals surface area (Å²) in [6, 6.07) is 5.87. The average Bonchev–Trinajstić information content (AvgIpc) is 2.92. The first-order valence-electron chi connectivity index (χ1n) is 5.91. The molecule has 1 N–H and O–H groups in total. The normalized spacial score (nSPS) is 11.1. The second-order valence-corrected chi connectivity index (χ2v) is 5.15. The molecule has 3 heterocycles. The Labute approximate surface area is 118 Å².